The number of carbonyl (C=O) groups is 1. The zero-order valence-electron chi connectivity index (χ0n) is 12.5. The first-order valence-corrected chi connectivity index (χ1v) is 7.51. The maximum atomic E-state index is 11.3. The van der Waals surface area contributed by atoms with Crippen LogP contribution < -0.4 is 0 Å². The average Bonchev–Trinajstić information content (AvgIpc) is 2.91. The molecule has 1 aliphatic rings. The van der Waals surface area contributed by atoms with Gasteiger partial charge < -0.3 is 9.52 Å². The van der Waals surface area contributed by atoms with Gasteiger partial charge in [-0.15, -0.1) is 0 Å². The van der Waals surface area contributed by atoms with Crippen LogP contribution in [0.4, 0.5) is 0 Å². The first-order valence-electron chi connectivity index (χ1n) is 7.51. The van der Waals surface area contributed by atoms with Crippen LogP contribution >= 0.6 is 0 Å². The van der Waals surface area contributed by atoms with Gasteiger partial charge in [-0.1, -0.05) is 19.3 Å². The van der Waals surface area contributed by atoms with Gasteiger partial charge in [-0.25, -0.2) is 0 Å². The minimum atomic E-state index is -0.691. The molecule has 20 heavy (non-hydrogen) atoms. The van der Waals surface area contributed by atoms with Gasteiger partial charge in [-0.2, -0.15) is 0 Å². The van der Waals surface area contributed by atoms with Crippen LogP contribution in [0.15, 0.2) is 22.8 Å². The number of furan rings is 1. The molecule has 1 heterocycles. The molecular formula is C16H25NO3. The maximum Gasteiger partial charge on any atom is 0.305 e. The van der Waals surface area contributed by atoms with Crippen molar-refractivity contribution in [1.29, 1.82) is 0 Å². The molecule has 0 spiro atoms. The highest BCUT2D eigenvalue weighted by atomic mass is 16.4. The zero-order chi connectivity index (χ0) is 14.6. The fraction of sp³-hybridized carbons (Fsp3) is 0.688. The summed E-state index contributed by atoms with van der Waals surface area (Å²) in [5.41, 5.74) is -0.184. The molecule has 4 heteroatoms. The van der Waals surface area contributed by atoms with Crippen molar-refractivity contribution in [3.05, 3.63) is 24.2 Å². The van der Waals surface area contributed by atoms with Crippen LogP contribution in [0.1, 0.15) is 51.2 Å². The maximum absolute atomic E-state index is 11.3. The minimum Gasteiger partial charge on any atom is -0.481 e. The molecule has 0 radical (unpaired) electrons. The highest BCUT2D eigenvalue weighted by molar-refractivity contribution is 5.68. The summed E-state index contributed by atoms with van der Waals surface area (Å²) in [6, 6.07) is 4.16. The molecule has 4 nitrogen and oxygen atoms in total. The summed E-state index contributed by atoms with van der Waals surface area (Å²) < 4.78 is 5.41. The molecule has 0 amide bonds. The number of rotatable bonds is 6. The predicted octanol–water partition coefficient (Wildman–Crippen LogP) is 3.32. The number of likely N-dealkylation sites (N-methyl/N-ethyl adjacent to an activating group) is 1. The summed E-state index contributed by atoms with van der Waals surface area (Å²) in [5, 5.41) is 9.27. The molecule has 0 saturated heterocycles. The van der Waals surface area contributed by atoms with Crippen molar-refractivity contribution in [2.75, 3.05) is 7.05 Å². The van der Waals surface area contributed by atoms with E-state index in [9.17, 15) is 9.90 Å². The highest BCUT2D eigenvalue weighted by Crippen LogP contribution is 2.37. The summed E-state index contributed by atoms with van der Waals surface area (Å²) in [4.78, 5) is 13.6. The number of hydrogen-bond acceptors (Lipinski definition) is 3. The van der Waals surface area contributed by atoms with E-state index in [4.69, 9.17) is 4.42 Å². The van der Waals surface area contributed by atoms with Crippen LogP contribution in [0, 0.1) is 0 Å². The van der Waals surface area contributed by atoms with E-state index in [0.717, 1.165) is 37.9 Å². The van der Waals surface area contributed by atoms with Crippen LogP contribution in [0.25, 0.3) is 0 Å². The summed E-state index contributed by atoms with van der Waals surface area (Å²) >= 11 is 0. The Balaban J connectivity index is 2.08. The third kappa shape index (κ3) is 3.42. The van der Waals surface area contributed by atoms with Crippen molar-refractivity contribution in [2.24, 2.45) is 0 Å². The lowest BCUT2D eigenvalue weighted by atomic mass is 9.77. The lowest BCUT2D eigenvalue weighted by Crippen LogP contribution is -2.53. The topological polar surface area (TPSA) is 53.7 Å². The Morgan fingerprint density at radius 3 is 2.70 bits per heavy atom. The number of aliphatic carboxylic acids is 1. The normalized spacial score (nSPS) is 19.9. The Bertz CT molecular complexity index is 421. The van der Waals surface area contributed by atoms with Gasteiger partial charge in [0.05, 0.1) is 12.7 Å². The molecule has 1 aromatic rings. The second-order valence-corrected chi connectivity index (χ2v) is 6.10. The Kier molecular flexibility index (Phi) is 4.86. The minimum absolute atomic E-state index is 0.184. The first-order chi connectivity index (χ1) is 9.53. The second kappa shape index (κ2) is 6.44. The standard InChI is InChI=1S/C16H25NO3/c1-13(11-14-7-6-10-20-14)17(2)16(12-15(18)19)8-4-3-5-9-16/h6-7,10,13H,3-5,8-9,11-12H2,1-2H3,(H,18,19). The van der Waals surface area contributed by atoms with E-state index in [1.807, 2.05) is 12.1 Å². The molecule has 0 bridgehead atoms. The molecule has 1 saturated carbocycles. The monoisotopic (exact) mass is 279 g/mol. The van der Waals surface area contributed by atoms with Crippen molar-refractivity contribution in [3.63, 3.8) is 0 Å². The molecule has 1 N–H and O–H groups in total. The largest absolute Gasteiger partial charge is 0.481 e. The van der Waals surface area contributed by atoms with Crippen molar-refractivity contribution < 1.29 is 14.3 Å². The van der Waals surface area contributed by atoms with E-state index in [0.29, 0.717) is 0 Å². The van der Waals surface area contributed by atoms with Gasteiger partial charge in [0.2, 0.25) is 0 Å². The fourth-order valence-corrected chi connectivity index (χ4v) is 3.47. The molecule has 1 fully saturated rings. The number of nitrogens with zero attached hydrogens (tertiary/aromatic N) is 1. The Labute approximate surface area is 120 Å². The molecule has 0 aromatic carbocycles. The second-order valence-electron chi connectivity index (χ2n) is 6.10. The number of hydrogen-bond donors (Lipinski definition) is 1. The van der Waals surface area contributed by atoms with E-state index in [2.05, 4.69) is 18.9 Å². The third-order valence-corrected chi connectivity index (χ3v) is 4.75. The predicted molar refractivity (Wildman–Crippen MR) is 77.7 cm³/mol. The smallest absolute Gasteiger partial charge is 0.305 e. The van der Waals surface area contributed by atoms with Gasteiger partial charge in [-0.05, 0) is 38.9 Å². The molecule has 1 aliphatic carbocycles. The molecule has 1 unspecified atom stereocenters. The van der Waals surface area contributed by atoms with E-state index in [-0.39, 0.29) is 18.0 Å². The van der Waals surface area contributed by atoms with Crippen LogP contribution in [0.2, 0.25) is 0 Å². The molecule has 0 aliphatic heterocycles. The van der Waals surface area contributed by atoms with E-state index in [1.54, 1.807) is 6.26 Å². The van der Waals surface area contributed by atoms with Gasteiger partial charge in [0.25, 0.3) is 0 Å². The Morgan fingerprint density at radius 2 is 2.15 bits per heavy atom. The third-order valence-electron chi connectivity index (χ3n) is 4.75. The Hall–Kier alpha value is -1.29. The first kappa shape index (κ1) is 15.1. The highest BCUT2D eigenvalue weighted by Gasteiger charge is 2.39. The van der Waals surface area contributed by atoms with Crippen molar-refractivity contribution >= 4 is 5.97 Å². The quantitative estimate of drug-likeness (QED) is 0.868. The zero-order valence-corrected chi connectivity index (χ0v) is 12.5. The molecular weight excluding hydrogens is 254 g/mol. The average molecular weight is 279 g/mol. The lowest BCUT2D eigenvalue weighted by molar-refractivity contribution is -0.141. The van der Waals surface area contributed by atoms with Gasteiger partial charge >= 0.3 is 5.97 Å². The molecule has 1 atom stereocenters. The van der Waals surface area contributed by atoms with Crippen LogP contribution in [-0.2, 0) is 11.2 Å². The molecule has 2 rings (SSSR count). The molecule has 1 aromatic heterocycles. The van der Waals surface area contributed by atoms with Crippen molar-refractivity contribution in [3.8, 4) is 0 Å². The summed E-state index contributed by atoms with van der Waals surface area (Å²) in [7, 11) is 2.07. The van der Waals surface area contributed by atoms with Gasteiger partial charge in [0, 0.05) is 18.0 Å². The summed E-state index contributed by atoms with van der Waals surface area (Å²) in [6.45, 7) is 2.15. The summed E-state index contributed by atoms with van der Waals surface area (Å²) in [6.07, 6.45) is 8.21. The van der Waals surface area contributed by atoms with Gasteiger partial charge in [0.1, 0.15) is 5.76 Å². The lowest BCUT2D eigenvalue weighted by Gasteiger charge is -2.46. The fourth-order valence-electron chi connectivity index (χ4n) is 3.47. The van der Waals surface area contributed by atoms with Gasteiger partial charge in [-0.3, -0.25) is 9.69 Å². The van der Waals surface area contributed by atoms with E-state index in [1.165, 1.54) is 6.42 Å². The van der Waals surface area contributed by atoms with Gasteiger partial charge in [0.15, 0.2) is 0 Å². The number of carboxylic acid groups (broad SMARTS) is 1. The Morgan fingerprint density at radius 1 is 1.45 bits per heavy atom. The van der Waals surface area contributed by atoms with E-state index < -0.39 is 5.97 Å². The number of carboxylic acids is 1. The van der Waals surface area contributed by atoms with Crippen LogP contribution in [0.3, 0.4) is 0 Å². The molecule has 112 valence electrons. The SMILES string of the molecule is CC(Cc1ccco1)N(C)C1(CC(=O)O)CCCCC1. The van der Waals surface area contributed by atoms with Crippen molar-refractivity contribution in [1.82, 2.24) is 4.90 Å². The van der Waals surface area contributed by atoms with E-state index >= 15 is 0 Å². The summed E-state index contributed by atoms with van der Waals surface area (Å²) in [5.74, 6) is 0.273. The van der Waals surface area contributed by atoms with Crippen LogP contribution in [-0.4, -0.2) is 34.6 Å². The van der Waals surface area contributed by atoms with Crippen molar-refractivity contribution in [2.45, 2.75) is 63.5 Å². The van der Waals surface area contributed by atoms with Crippen LogP contribution in [0.5, 0.6) is 0 Å².